The lowest BCUT2D eigenvalue weighted by Crippen LogP contribution is -1.99. The molecule has 1 aromatic rings. The molecule has 0 saturated carbocycles. The van der Waals surface area contributed by atoms with E-state index in [2.05, 4.69) is 0 Å². The third-order valence-corrected chi connectivity index (χ3v) is 1.85. The molecule has 0 spiro atoms. The van der Waals surface area contributed by atoms with E-state index in [1.54, 1.807) is 19.1 Å². The number of aryl methyl sites for hydroxylation is 2. The van der Waals surface area contributed by atoms with E-state index < -0.39 is 11.3 Å². The number of hydrogen-bond acceptors (Lipinski definition) is 4. The van der Waals surface area contributed by atoms with E-state index in [1.165, 1.54) is 0 Å². The summed E-state index contributed by atoms with van der Waals surface area (Å²) in [6, 6.07) is 5.36. The summed E-state index contributed by atoms with van der Waals surface area (Å²) in [4.78, 5) is 22.3. The summed E-state index contributed by atoms with van der Waals surface area (Å²) in [5, 5.41) is 0. The zero-order valence-electron chi connectivity index (χ0n) is 9.36. The van der Waals surface area contributed by atoms with Gasteiger partial charge in [0.15, 0.2) is 0 Å². The van der Waals surface area contributed by atoms with Gasteiger partial charge in [0.25, 0.3) is 0 Å². The second-order valence-electron chi connectivity index (χ2n) is 3.34. The molecule has 1 heterocycles. The van der Waals surface area contributed by atoms with Gasteiger partial charge in [-0.25, -0.2) is 9.59 Å². The molecule has 0 unspecified atom stereocenters. The first-order chi connectivity index (χ1) is 7.61. The van der Waals surface area contributed by atoms with Gasteiger partial charge in [-0.2, -0.15) is 0 Å². The first-order valence-electron chi connectivity index (χ1n) is 5.11. The number of hydrogen-bond donors (Lipinski definition) is 0. The molecule has 0 atom stereocenters. The predicted octanol–water partition coefficient (Wildman–Crippen LogP) is 1.98. The van der Waals surface area contributed by atoms with E-state index in [4.69, 9.17) is 8.83 Å². The van der Waals surface area contributed by atoms with Gasteiger partial charge in [0.05, 0.1) is 0 Å². The lowest BCUT2D eigenvalue weighted by atomic mass is 10.2. The van der Waals surface area contributed by atoms with Gasteiger partial charge in [-0.3, -0.25) is 0 Å². The highest BCUT2D eigenvalue weighted by Crippen LogP contribution is 1.98. The fourth-order valence-electron chi connectivity index (χ4n) is 1.15. The van der Waals surface area contributed by atoms with Crippen molar-refractivity contribution in [3.05, 3.63) is 56.6 Å². The summed E-state index contributed by atoms with van der Waals surface area (Å²) >= 11 is 0. The van der Waals surface area contributed by atoms with Gasteiger partial charge in [-0.1, -0.05) is 6.92 Å². The Labute approximate surface area is 92.9 Å². The van der Waals surface area contributed by atoms with Crippen LogP contribution in [0.3, 0.4) is 0 Å². The Kier molecular flexibility index (Phi) is 4.51. The van der Waals surface area contributed by atoms with Crippen molar-refractivity contribution < 1.29 is 8.83 Å². The fourth-order valence-corrected chi connectivity index (χ4v) is 1.15. The van der Waals surface area contributed by atoms with Crippen LogP contribution in [0, 0.1) is 6.92 Å². The van der Waals surface area contributed by atoms with Crippen LogP contribution in [0.4, 0.5) is 0 Å². The molecule has 4 nitrogen and oxygen atoms in total. The van der Waals surface area contributed by atoms with Crippen LogP contribution in [0.5, 0.6) is 0 Å². The molecule has 16 heavy (non-hydrogen) atoms. The molecule has 0 aromatic carbocycles. The molecule has 1 aromatic heterocycles. The van der Waals surface area contributed by atoms with E-state index in [1.807, 2.05) is 6.92 Å². The van der Waals surface area contributed by atoms with Crippen LogP contribution in [-0.2, 0) is 6.42 Å². The highest BCUT2D eigenvalue weighted by Gasteiger charge is 1.92. The molecule has 0 fully saturated rings. The Morgan fingerprint density at radius 3 is 2.25 bits per heavy atom. The molecule has 0 radical (unpaired) electrons. The second kappa shape index (κ2) is 5.90. The van der Waals surface area contributed by atoms with E-state index in [0.29, 0.717) is 17.9 Å². The van der Waals surface area contributed by atoms with Gasteiger partial charge in [0, 0.05) is 18.6 Å². The summed E-state index contributed by atoms with van der Waals surface area (Å²) in [5.74, 6) is 1.02. The zero-order chi connectivity index (χ0) is 12.0. The summed E-state index contributed by atoms with van der Waals surface area (Å²) in [5.41, 5.74) is -1.15. The molecule has 0 N–H and O–H groups in total. The largest absolute Gasteiger partial charge is 0.428 e. The molecule has 0 saturated heterocycles. The molecule has 1 rings (SSSR count). The topological polar surface area (TPSA) is 60.4 Å². The van der Waals surface area contributed by atoms with Crippen molar-refractivity contribution in [2.24, 2.45) is 0 Å². The minimum absolute atomic E-state index is 0.459. The molecule has 0 aliphatic heterocycles. The molecule has 4 heteroatoms. The summed E-state index contributed by atoms with van der Waals surface area (Å²) < 4.78 is 9.93. The SMILES string of the molecule is CCCc1ccc(C)oc(=O)ccc(=O)o1. The maximum absolute atomic E-state index is 11.2. The van der Waals surface area contributed by atoms with Gasteiger partial charge in [0.1, 0.15) is 11.5 Å². The van der Waals surface area contributed by atoms with Crippen LogP contribution in [0.15, 0.2) is 42.7 Å². The Bertz CT molecular complexity index is 509. The molecule has 0 aliphatic rings. The van der Waals surface area contributed by atoms with Gasteiger partial charge in [-0.05, 0) is 25.5 Å². The molecule has 86 valence electrons. The first-order valence-corrected chi connectivity index (χ1v) is 5.11. The Balaban J connectivity index is 3.44. The Morgan fingerprint density at radius 2 is 1.62 bits per heavy atom. The monoisotopic (exact) mass is 222 g/mol. The third kappa shape index (κ3) is 4.13. The van der Waals surface area contributed by atoms with Crippen molar-refractivity contribution in [3.8, 4) is 0 Å². The fraction of sp³-hybridized carbons (Fsp3) is 0.333. The highest BCUT2D eigenvalue weighted by atomic mass is 16.4. The van der Waals surface area contributed by atoms with Crippen LogP contribution in [0.2, 0.25) is 0 Å². The predicted molar refractivity (Wildman–Crippen MR) is 59.9 cm³/mol. The van der Waals surface area contributed by atoms with Crippen molar-refractivity contribution in [3.63, 3.8) is 0 Å². The smallest absolute Gasteiger partial charge is 0.336 e. The molecule has 0 bridgehead atoms. The first kappa shape index (κ1) is 12.2. The maximum Gasteiger partial charge on any atom is 0.336 e. The van der Waals surface area contributed by atoms with Crippen LogP contribution in [-0.4, -0.2) is 0 Å². The van der Waals surface area contributed by atoms with E-state index >= 15 is 0 Å². The second-order valence-corrected chi connectivity index (χ2v) is 3.34. The Hall–Kier alpha value is -1.84. The maximum atomic E-state index is 11.2. The minimum Gasteiger partial charge on any atom is -0.428 e. The van der Waals surface area contributed by atoms with Crippen molar-refractivity contribution in [1.29, 1.82) is 0 Å². The average molecular weight is 222 g/mol. The van der Waals surface area contributed by atoms with Crippen LogP contribution in [0.1, 0.15) is 24.9 Å². The third-order valence-electron chi connectivity index (χ3n) is 1.85. The van der Waals surface area contributed by atoms with E-state index in [9.17, 15) is 9.59 Å². The van der Waals surface area contributed by atoms with Crippen LogP contribution < -0.4 is 11.3 Å². The lowest BCUT2D eigenvalue weighted by Gasteiger charge is -1.92. The van der Waals surface area contributed by atoms with E-state index in [0.717, 1.165) is 18.6 Å². The van der Waals surface area contributed by atoms with Crippen molar-refractivity contribution in [2.75, 3.05) is 0 Å². The molecular formula is C12H14O4. The van der Waals surface area contributed by atoms with Crippen LogP contribution >= 0.6 is 0 Å². The molecular weight excluding hydrogens is 208 g/mol. The molecule has 0 amide bonds. The molecule has 0 aliphatic carbocycles. The lowest BCUT2D eigenvalue weighted by molar-refractivity contribution is 0.454. The summed E-state index contributed by atoms with van der Waals surface area (Å²) in [6.45, 7) is 3.65. The van der Waals surface area contributed by atoms with Crippen LogP contribution in [0.25, 0.3) is 0 Å². The minimum atomic E-state index is -0.585. The standard InChI is InChI=1S/C12H14O4/c1-3-4-10-6-5-9(2)15-11(13)7-8-12(14)16-10/h5-8H,3-4H2,1-2H3. The van der Waals surface area contributed by atoms with E-state index in [-0.39, 0.29) is 0 Å². The van der Waals surface area contributed by atoms with Gasteiger partial charge < -0.3 is 8.83 Å². The number of rotatable bonds is 2. The van der Waals surface area contributed by atoms with Gasteiger partial charge >= 0.3 is 11.3 Å². The average Bonchev–Trinajstić information content (AvgIpc) is 2.23. The quantitative estimate of drug-likeness (QED) is 0.767. The van der Waals surface area contributed by atoms with Crippen molar-refractivity contribution in [1.82, 2.24) is 0 Å². The van der Waals surface area contributed by atoms with Gasteiger partial charge in [-0.15, -0.1) is 0 Å². The normalized spacial score (nSPS) is 9.62. The Morgan fingerprint density at radius 1 is 1.00 bits per heavy atom. The summed E-state index contributed by atoms with van der Waals surface area (Å²) in [7, 11) is 0. The zero-order valence-corrected chi connectivity index (χ0v) is 9.36. The van der Waals surface area contributed by atoms with Crippen molar-refractivity contribution >= 4 is 0 Å². The highest BCUT2D eigenvalue weighted by molar-refractivity contribution is 5.00. The summed E-state index contributed by atoms with van der Waals surface area (Å²) in [6.07, 6.45) is 1.53. The van der Waals surface area contributed by atoms with Gasteiger partial charge in [0.2, 0.25) is 0 Å². The van der Waals surface area contributed by atoms with Crippen molar-refractivity contribution in [2.45, 2.75) is 26.7 Å².